The Kier molecular flexibility index (Phi) is 6.49. The van der Waals surface area contributed by atoms with Crippen molar-refractivity contribution in [2.75, 3.05) is 20.5 Å². The van der Waals surface area contributed by atoms with Gasteiger partial charge in [-0.15, -0.1) is 0 Å². The third kappa shape index (κ3) is 6.02. The van der Waals surface area contributed by atoms with Gasteiger partial charge < -0.3 is 29.6 Å². The minimum Gasteiger partial charge on any atom is -0.493 e. The van der Waals surface area contributed by atoms with Gasteiger partial charge in [-0.1, -0.05) is 12.1 Å². The van der Waals surface area contributed by atoms with Crippen molar-refractivity contribution in [1.82, 2.24) is 10.6 Å². The van der Waals surface area contributed by atoms with E-state index in [-0.39, 0.29) is 24.8 Å². The number of amides is 1. The minimum absolute atomic E-state index is 0.0602. The third-order valence-electron chi connectivity index (χ3n) is 4.20. The van der Waals surface area contributed by atoms with Crippen molar-refractivity contribution >= 4 is 5.91 Å². The van der Waals surface area contributed by atoms with Crippen molar-refractivity contribution in [1.29, 1.82) is 0 Å². The first-order valence-electron chi connectivity index (χ1n) is 9.54. The van der Waals surface area contributed by atoms with Gasteiger partial charge in [0.25, 0.3) is 5.91 Å². The van der Waals surface area contributed by atoms with Crippen LogP contribution in [0.25, 0.3) is 0 Å². The van der Waals surface area contributed by atoms with Crippen LogP contribution in [0.5, 0.6) is 23.0 Å². The van der Waals surface area contributed by atoms with Crippen molar-refractivity contribution in [3.63, 3.8) is 0 Å². The lowest BCUT2D eigenvalue weighted by Gasteiger charge is -2.20. The summed E-state index contributed by atoms with van der Waals surface area (Å²) in [7, 11) is 1.58. The van der Waals surface area contributed by atoms with E-state index >= 15 is 0 Å². The van der Waals surface area contributed by atoms with E-state index in [9.17, 15) is 4.79 Å². The SMILES string of the molecule is COc1cc(CNCc2ccc3c(c2)OCO3)ccc1OCC(=O)NC(C)(C)C. The fourth-order valence-corrected chi connectivity index (χ4v) is 2.94. The Balaban J connectivity index is 1.52. The molecule has 1 aliphatic heterocycles. The first kappa shape index (κ1) is 20.8. The van der Waals surface area contributed by atoms with Gasteiger partial charge in [-0.3, -0.25) is 4.79 Å². The lowest BCUT2D eigenvalue weighted by atomic mass is 10.1. The highest BCUT2D eigenvalue weighted by Gasteiger charge is 2.15. The average Bonchev–Trinajstić information content (AvgIpc) is 3.13. The molecule has 0 aliphatic carbocycles. The molecule has 7 nitrogen and oxygen atoms in total. The molecular formula is C22H28N2O5. The summed E-state index contributed by atoms with van der Waals surface area (Å²) in [6, 6.07) is 11.6. The van der Waals surface area contributed by atoms with Crippen molar-refractivity contribution in [3.8, 4) is 23.0 Å². The summed E-state index contributed by atoms with van der Waals surface area (Å²) in [4.78, 5) is 11.9. The molecule has 29 heavy (non-hydrogen) atoms. The van der Waals surface area contributed by atoms with Crippen LogP contribution in [-0.4, -0.2) is 32.0 Å². The van der Waals surface area contributed by atoms with E-state index in [1.807, 2.05) is 57.2 Å². The number of rotatable bonds is 8. The van der Waals surface area contributed by atoms with E-state index in [1.54, 1.807) is 7.11 Å². The van der Waals surface area contributed by atoms with Gasteiger partial charge in [0.1, 0.15) is 0 Å². The molecule has 2 N–H and O–H groups in total. The fraction of sp³-hybridized carbons (Fsp3) is 0.409. The van der Waals surface area contributed by atoms with Crippen LogP contribution < -0.4 is 29.6 Å². The summed E-state index contributed by atoms with van der Waals surface area (Å²) in [6.45, 7) is 7.36. The van der Waals surface area contributed by atoms with E-state index < -0.39 is 0 Å². The lowest BCUT2D eigenvalue weighted by molar-refractivity contribution is -0.124. The van der Waals surface area contributed by atoms with Gasteiger partial charge >= 0.3 is 0 Å². The lowest BCUT2D eigenvalue weighted by Crippen LogP contribution is -2.43. The Morgan fingerprint density at radius 2 is 1.69 bits per heavy atom. The molecule has 7 heteroatoms. The molecule has 0 unspecified atom stereocenters. The zero-order valence-electron chi connectivity index (χ0n) is 17.3. The molecule has 0 spiro atoms. The fourth-order valence-electron chi connectivity index (χ4n) is 2.94. The van der Waals surface area contributed by atoms with E-state index in [1.165, 1.54) is 0 Å². The van der Waals surface area contributed by atoms with Gasteiger partial charge in [0.05, 0.1) is 7.11 Å². The number of fused-ring (bicyclic) bond motifs is 1. The average molecular weight is 400 g/mol. The molecule has 0 saturated heterocycles. The Bertz CT molecular complexity index is 861. The molecular weight excluding hydrogens is 372 g/mol. The predicted molar refractivity (Wildman–Crippen MR) is 109 cm³/mol. The van der Waals surface area contributed by atoms with Gasteiger partial charge in [0.15, 0.2) is 29.6 Å². The minimum atomic E-state index is -0.294. The van der Waals surface area contributed by atoms with Crippen LogP contribution in [0.3, 0.4) is 0 Å². The number of carbonyl (C=O) groups excluding carboxylic acids is 1. The van der Waals surface area contributed by atoms with Crippen LogP contribution in [0, 0.1) is 0 Å². The summed E-state index contributed by atoms with van der Waals surface area (Å²) in [5, 5.41) is 6.26. The predicted octanol–water partition coefficient (Wildman–Crippen LogP) is 3.01. The van der Waals surface area contributed by atoms with Crippen LogP contribution in [0.1, 0.15) is 31.9 Å². The quantitative estimate of drug-likeness (QED) is 0.709. The maximum atomic E-state index is 11.9. The zero-order chi connectivity index (χ0) is 20.9. The molecule has 1 heterocycles. The molecule has 0 aromatic heterocycles. The van der Waals surface area contributed by atoms with Crippen LogP contribution in [-0.2, 0) is 17.9 Å². The summed E-state index contributed by atoms with van der Waals surface area (Å²) >= 11 is 0. The van der Waals surface area contributed by atoms with Crippen LogP contribution in [0.15, 0.2) is 36.4 Å². The van der Waals surface area contributed by atoms with Gasteiger partial charge in [0, 0.05) is 18.6 Å². The summed E-state index contributed by atoms with van der Waals surface area (Å²) in [5.74, 6) is 2.52. The Hall–Kier alpha value is -2.93. The standard InChI is InChI=1S/C22H28N2O5/c1-22(2,3)24-21(25)13-27-17-7-5-15(9-19(17)26-4)11-23-12-16-6-8-18-20(10-16)29-14-28-18/h5-10,23H,11-14H2,1-4H3,(H,24,25). The van der Waals surface area contributed by atoms with Crippen LogP contribution in [0.4, 0.5) is 0 Å². The Morgan fingerprint density at radius 3 is 2.41 bits per heavy atom. The number of benzene rings is 2. The van der Waals surface area contributed by atoms with E-state index in [0.717, 1.165) is 22.6 Å². The van der Waals surface area contributed by atoms with E-state index in [4.69, 9.17) is 18.9 Å². The molecule has 0 bridgehead atoms. The highest BCUT2D eigenvalue weighted by Crippen LogP contribution is 2.32. The van der Waals surface area contributed by atoms with Gasteiger partial charge in [-0.25, -0.2) is 0 Å². The van der Waals surface area contributed by atoms with E-state index in [0.29, 0.717) is 24.6 Å². The molecule has 3 rings (SSSR count). The maximum Gasteiger partial charge on any atom is 0.258 e. The largest absolute Gasteiger partial charge is 0.493 e. The second-order valence-electron chi connectivity index (χ2n) is 7.86. The molecule has 0 saturated carbocycles. The molecule has 156 valence electrons. The molecule has 0 fully saturated rings. The summed E-state index contributed by atoms with van der Waals surface area (Å²) < 4.78 is 21.8. The topological polar surface area (TPSA) is 78.1 Å². The van der Waals surface area contributed by atoms with Gasteiger partial charge in [0.2, 0.25) is 6.79 Å². The first-order chi connectivity index (χ1) is 13.8. The number of carbonyl (C=O) groups is 1. The molecule has 1 amide bonds. The monoisotopic (exact) mass is 400 g/mol. The van der Waals surface area contributed by atoms with Crippen molar-refractivity contribution in [2.24, 2.45) is 0 Å². The van der Waals surface area contributed by atoms with Gasteiger partial charge in [-0.05, 0) is 56.2 Å². The highest BCUT2D eigenvalue weighted by atomic mass is 16.7. The zero-order valence-corrected chi connectivity index (χ0v) is 17.3. The molecule has 2 aromatic carbocycles. The number of hydrogen-bond acceptors (Lipinski definition) is 6. The molecule has 2 aromatic rings. The second kappa shape index (κ2) is 9.05. The van der Waals surface area contributed by atoms with Crippen LogP contribution >= 0.6 is 0 Å². The van der Waals surface area contributed by atoms with Gasteiger partial charge in [-0.2, -0.15) is 0 Å². The molecule has 0 radical (unpaired) electrons. The summed E-state index contributed by atoms with van der Waals surface area (Å²) in [5.41, 5.74) is 1.87. The third-order valence-corrected chi connectivity index (χ3v) is 4.20. The smallest absolute Gasteiger partial charge is 0.258 e. The van der Waals surface area contributed by atoms with Crippen molar-refractivity contribution in [2.45, 2.75) is 39.4 Å². The van der Waals surface area contributed by atoms with Crippen molar-refractivity contribution < 1.29 is 23.7 Å². The number of nitrogens with one attached hydrogen (secondary N) is 2. The Labute approximate surface area is 171 Å². The number of methoxy groups -OCH3 is 1. The first-order valence-corrected chi connectivity index (χ1v) is 9.54. The molecule has 0 atom stereocenters. The summed E-state index contributed by atoms with van der Waals surface area (Å²) in [6.07, 6.45) is 0. The molecule has 1 aliphatic rings. The second-order valence-corrected chi connectivity index (χ2v) is 7.86. The highest BCUT2D eigenvalue weighted by molar-refractivity contribution is 5.78. The Morgan fingerprint density at radius 1 is 1.00 bits per heavy atom. The maximum absolute atomic E-state index is 11.9. The number of hydrogen-bond donors (Lipinski definition) is 2. The number of ether oxygens (including phenoxy) is 4. The van der Waals surface area contributed by atoms with Crippen molar-refractivity contribution in [3.05, 3.63) is 47.5 Å². The normalized spacial score (nSPS) is 12.6. The van der Waals surface area contributed by atoms with Crippen LogP contribution in [0.2, 0.25) is 0 Å². The van der Waals surface area contributed by atoms with E-state index in [2.05, 4.69) is 10.6 Å².